The van der Waals surface area contributed by atoms with Gasteiger partial charge in [-0.05, 0) is 6.92 Å². The van der Waals surface area contributed by atoms with Crippen LogP contribution in [-0.4, -0.2) is 16.2 Å². The molecule has 4 nitrogen and oxygen atoms in total. The zero-order valence-corrected chi connectivity index (χ0v) is 5.74. The molecular weight excluding hydrogens is 130 g/mol. The molecule has 0 atom stereocenters. The normalized spacial score (nSPS) is 9.30. The first kappa shape index (κ1) is 6.80. The first-order valence-corrected chi connectivity index (χ1v) is 3.10. The van der Waals surface area contributed by atoms with Gasteiger partial charge in [-0.1, -0.05) is 0 Å². The molecule has 0 bridgehead atoms. The second kappa shape index (κ2) is 3.00. The van der Waals surface area contributed by atoms with E-state index in [1.165, 1.54) is 0 Å². The van der Waals surface area contributed by atoms with Crippen LogP contribution in [0.5, 0.6) is 0 Å². The number of rotatable bonds is 3. The first-order chi connectivity index (χ1) is 4.88. The molecular formula is C6H9N3O. The summed E-state index contributed by atoms with van der Waals surface area (Å²) in [5.41, 5.74) is 0. The number of carbonyl (C=O) groups excluding carboxylic acids is 1. The molecule has 4 heteroatoms. The molecule has 1 amide bonds. The average molecular weight is 139 g/mol. The molecule has 1 aromatic rings. The van der Waals surface area contributed by atoms with Gasteiger partial charge >= 0.3 is 0 Å². The summed E-state index contributed by atoms with van der Waals surface area (Å²) < 4.78 is 1.70. The SMILES string of the molecule is CCn1nccc1NC=O. The molecule has 0 aromatic carbocycles. The first-order valence-electron chi connectivity index (χ1n) is 3.10. The highest BCUT2D eigenvalue weighted by Crippen LogP contribution is 2.02. The third kappa shape index (κ3) is 1.15. The number of aromatic nitrogens is 2. The lowest BCUT2D eigenvalue weighted by Crippen LogP contribution is -2.04. The molecule has 10 heavy (non-hydrogen) atoms. The van der Waals surface area contributed by atoms with E-state index in [2.05, 4.69) is 10.4 Å². The number of anilines is 1. The van der Waals surface area contributed by atoms with Gasteiger partial charge in [0.15, 0.2) is 0 Å². The molecule has 0 aliphatic rings. The van der Waals surface area contributed by atoms with E-state index >= 15 is 0 Å². The van der Waals surface area contributed by atoms with E-state index in [-0.39, 0.29) is 0 Å². The summed E-state index contributed by atoms with van der Waals surface area (Å²) in [6, 6.07) is 1.75. The van der Waals surface area contributed by atoms with Gasteiger partial charge in [0, 0.05) is 12.6 Å². The fourth-order valence-corrected chi connectivity index (χ4v) is 0.768. The predicted octanol–water partition coefficient (Wildman–Crippen LogP) is 0.471. The van der Waals surface area contributed by atoms with Crippen LogP contribution in [0.4, 0.5) is 5.82 Å². The van der Waals surface area contributed by atoms with Crippen molar-refractivity contribution in [1.82, 2.24) is 9.78 Å². The molecule has 1 rings (SSSR count). The van der Waals surface area contributed by atoms with Crippen LogP contribution in [0.15, 0.2) is 12.3 Å². The van der Waals surface area contributed by atoms with E-state index in [1.54, 1.807) is 16.9 Å². The maximum Gasteiger partial charge on any atom is 0.212 e. The summed E-state index contributed by atoms with van der Waals surface area (Å²) in [6.07, 6.45) is 2.29. The van der Waals surface area contributed by atoms with Gasteiger partial charge in [-0.3, -0.25) is 4.79 Å². The minimum atomic E-state index is 0.642. The molecule has 0 aliphatic heterocycles. The van der Waals surface area contributed by atoms with Gasteiger partial charge in [-0.25, -0.2) is 4.68 Å². The monoisotopic (exact) mass is 139 g/mol. The maximum absolute atomic E-state index is 9.99. The Kier molecular flexibility index (Phi) is 2.04. The van der Waals surface area contributed by atoms with Crippen molar-refractivity contribution in [3.8, 4) is 0 Å². The number of amides is 1. The van der Waals surface area contributed by atoms with E-state index in [0.29, 0.717) is 6.41 Å². The van der Waals surface area contributed by atoms with Crippen LogP contribution in [0.1, 0.15) is 6.92 Å². The Morgan fingerprint density at radius 2 is 2.70 bits per heavy atom. The van der Waals surface area contributed by atoms with Crippen molar-refractivity contribution < 1.29 is 4.79 Å². The lowest BCUT2D eigenvalue weighted by atomic mass is 10.6. The Balaban J connectivity index is 2.79. The topological polar surface area (TPSA) is 46.9 Å². The number of carbonyl (C=O) groups is 1. The van der Waals surface area contributed by atoms with Crippen LogP contribution >= 0.6 is 0 Å². The van der Waals surface area contributed by atoms with Crippen LogP contribution in [0.2, 0.25) is 0 Å². The van der Waals surface area contributed by atoms with Crippen molar-refractivity contribution in [3.63, 3.8) is 0 Å². The number of nitrogens with zero attached hydrogens (tertiary/aromatic N) is 2. The van der Waals surface area contributed by atoms with Gasteiger partial charge in [0.25, 0.3) is 0 Å². The highest BCUT2D eigenvalue weighted by molar-refractivity contribution is 5.68. The van der Waals surface area contributed by atoms with Gasteiger partial charge < -0.3 is 5.32 Å². The number of hydrogen-bond donors (Lipinski definition) is 1. The number of nitrogens with one attached hydrogen (secondary N) is 1. The Hall–Kier alpha value is -1.32. The standard InChI is InChI=1S/C6H9N3O/c1-2-9-6(7-5-10)3-4-8-9/h3-5H,2H2,1H3,(H,7,10). The van der Waals surface area contributed by atoms with E-state index in [0.717, 1.165) is 12.4 Å². The van der Waals surface area contributed by atoms with Gasteiger partial charge in [-0.15, -0.1) is 0 Å². The summed E-state index contributed by atoms with van der Waals surface area (Å²) in [5.74, 6) is 0.734. The van der Waals surface area contributed by atoms with Crippen molar-refractivity contribution in [2.24, 2.45) is 0 Å². The van der Waals surface area contributed by atoms with Crippen LogP contribution < -0.4 is 5.32 Å². The Labute approximate surface area is 58.8 Å². The summed E-state index contributed by atoms with van der Waals surface area (Å²) in [4.78, 5) is 9.99. The lowest BCUT2D eigenvalue weighted by Gasteiger charge is -1.99. The molecule has 0 unspecified atom stereocenters. The van der Waals surface area contributed by atoms with Gasteiger partial charge in [0.1, 0.15) is 5.82 Å². The minimum Gasteiger partial charge on any atom is -0.314 e. The van der Waals surface area contributed by atoms with Crippen LogP contribution in [0.25, 0.3) is 0 Å². The van der Waals surface area contributed by atoms with Crippen molar-refractivity contribution in [3.05, 3.63) is 12.3 Å². The second-order valence-electron chi connectivity index (χ2n) is 1.79. The van der Waals surface area contributed by atoms with E-state index in [9.17, 15) is 4.79 Å². The fourth-order valence-electron chi connectivity index (χ4n) is 0.768. The predicted molar refractivity (Wildman–Crippen MR) is 37.6 cm³/mol. The summed E-state index contributed by atoms with van der Waals surface area (Å²) in [6.45, 7) is 2.73. The minimum absolute atomic E-state index is 0.642. The Bertz CT molecular complexity index is 219. The smallest absolute Gasteiger partial charge is 0.212 e. The third-order valence-electron chi connectivity index (χ3n) is 1.22. The number of hydrogen-bond acceptors (Lipinski definition) is 2. The number of aryl methyl sites for hydroxylation is 1. The molecule has 1 heterocycles. The Morgan fingerprint density at radius 3 is 3.30 bits per heavy atom. The highest BCUT2D eigenvalue weighted by atomic mass is 16.1. The van der Waals surface area contributed by atoms with Crippen LogP contribution in [-0.2, 0) is 11.3 Å². The van der Waals surface area contributed by atoms with Crippen LogP contribution in [0.3, 0.4) is 0 Å². The highest BCUT2D eigenvalue weighted by Gasteiger charge is 1.95. The zero-order chi connectivity index (χ0) is 7.40. The van der Waals surface area contributed by atoms with Crippen molar-refractivity contribution in [2.45, 2.75) is 13.5 Å². The molecule has 0 radical (unpaired) electrons. The fraction of sp³-hybridized carbons (Fsp3) is 0.333. The molecule has 0 spiro atoms. The largest absolute Gasteiger partial charge is 0.314 e. The molecule has 0 saturated carbocycles. The molecule has 0 fully saturated rings. The Morgan fingerprint density at radius 1 is 1.90 bits per heavy atom. The zero-order valence-electron chi connectivity index (χ0n) is 5.74. The lowest BCUT2D eigenvalue weighted by molar-refractivity contribution is -0.105. The molecule has 0 saturated heterocycles. The molecule has 0 aliphatic carbocycles. The van der Waals surface area contributed by atoms with Crippen molar-refractivity contribution in [2.75, 3.05) is 5.32 Å². The second-order valence-corrected chi connectivity index (χ2v) is 1.79. The molecule has 54 valence electrons. The van der Waals surface area contributed by atoms with E-state index < -0.39 is 0 Å². The van der Waals surface area contributed by atoms with E-state index in [4.69, 9.17) is 0 Å². The van der Waals surface area contributed by atoms with Gasteiger partial charge in [-0.2, -0.15) is 5.10 Å². The van der Waals surface area contributed by atoms with Crippen LogP contribution in [0, 0.1) is 0 Å². The van der Waals surface area contributed by atoms with E-state index in [1.807, 2.05) is 6.92 Å². The third-order valence-corrected chi connectivity index (χ3v) is 1.22. The summed E-state index contributed by atoms with van der Waals surface area (Å²) >= 11 is 0. The summed E-state index contributed by atoms with van der Waals surface area (Å²) in [7, 11) is 0. The molecule has 1 aromatic heterocycles. The van der Waals surface area contributed by atoms with Crippen molar-refractivity contribution in [1.29, 1.82) is 0 Å². The van der Waals surface area contributed by atoms with Gasteiger partial charge in [0.05, 0.1) is 6.20 Å². The summed E-state index contributed by atoms with van der Waals surface area (Å²) in [5, 5.41) is 6.48. The van der Waals surface area contributed by atoms with Gasteiger partial charge in [0.2, 0.25) is 6.41 Å². The van der Waals surface area contributed by atoms with Crippen molar-refractivity contribution >= 4 is 12.2 Å². The average Bonchev–Trinajstić information content (AvgIpc) is 2.36. The maximum atomic E-state index is 9.99. The molecule has 1 N–H and O–H groups in total. The quantitative estimate of drug-likeness (QED) is 0.619.